The largest absolute Gasteiger partial charge is 0.310 e. The molecule has 2 aromatic rings. The standard InChI is InChI=1S/C17H22N2/c1-17(2)8-7-15(11-17)19-12-13-5-6-16-14(10-13)4-3-9-18-16/h3-6,9-10,15,19H,7-8,11-12H2,1-2H3. The summed E-state index contributed by atoms with van der Waals surface area (Å²) >= 11 is 0. The molecule has 1 saturated carbocycles. The summed E-state index contributed by atoms with van der Waals surface area (Å²) in [4.78, 5) is 4.36. The Balaban J connectivity index is 1.66. The predicted octanol–water partition coefficient (Wildman–Crippen LogP) is 3.90. The van der Waals surface area contributed by atoms with Crippen molar-refractivity contribution in [1.29, 1.82) is 0 Å². The highest BCUT2D eigenvalue weighted by atomic mass is 14.9. The lowest BCUT2D eigenvalue weighted by Gasteiger charge is -2.18. The van der Waals surface area contributed by atoms with Crippen LogP contribution in [0, 0.1) is 5.41 Å². The number of nitrogens with one attached hydrogen (secondary N) is 1. The van der Waals surface area contributed by atoms with Gasteiger partial charge in [0, 0.05) is 24.2 Å². The van der Waals surface area contributed by atoms with Crippen molar-refractivity contribution in [2.24, 2.45) is 5.41 Å². The molecule has 0 spiro atoms. The van der Waals surface area contributed by atoms with Gasteiger partial charge in [0.2, 0.25) is 0 Å². The molecule has 1 N–H and O–H groups in total. The normalized spacial score (nSPS) is 21.9. The first kappa shape index (κ1) is 12.6. The van der Waals surface area contributed by atoms with Crippen molar-refractivity contribution in [3.05, 3.63) is 42.1 Å². The Morgan fingerprint density at radius 1 is 1.32 bits per heavy atom. The third-order valence-corrected chi connectivity index (χ3v) is 4.23. The van der Waals surface area contributed by atoms with Crippen molar-refractivity contribution >= 4 is 10.9 Å². The average molecular weight is 254 g/mol. The van der Waals surface area contributed by atoms with Gasteiger partial charge >= 0.3 is 0 Å². The molecule has 0 aliphatic heterocycles. The quantitative estimate of drug-likeness (QED) is 0.898. The lowest BCUT2D eigenvalue weighted by atomic mass is 9.92. The van der Waals surface area contributed by atoms with E-state index in [1.165, 1.54) is 30.2 Å². The van der Waals surface area contributed by atoms with E-state index in [2.05, 4.69) is 48.4 Å². The number of pyridine rings is 1. The highest BCUT2D eigenvalue weighted by Crippen LogP contribution is 2.36. The van der Waals surface area contributed by atoms with Crippen LogP contribution < -0.4 is 5.32 Å². The van der Waals surface area contributed by atoms with E-state index >= 15 is 0 Å². The Morgan fingerprint density at radius 2 is 2.21 bits per heavy atom. The minimum Gasteiger partial charge on any atom is -0.310 e. The minimum atomic E-state index is 0.519. The fourth-order valence-corrected chi connectivity index (χ4v) is 3.11. The molecule has 2 heteroatoms. The van der Waals surface area contributed by atoms with Crippen LogP contribution in [-0.2, 0) is 6.54 Å². The molecule has 0 bridgehead atoms. The molecule has 2 nitrogen and oxygen atoms in total. The topological polar surface area (TPSA) is 24.9 Å². The van der Waals surface area contributed by atoms with E-state index in [0.717, 1.165) is 12.1 Å². The first-order valence-corrected chi connectivity index (χ1v) is 7.19. The molecule has 0 radical (unpaired) electrons. The van der Waals surface area contributed by atoms with Gasteiger partial charge < -0.3 is 5.32 Å². The first-order chi connectivity index (χ1) is 9.12. The molecular formula is C17H22N2. The third kappa shape index (κ3) is 2.95. The SMILES string of the molecule is CC1(C)CCC(NCc2ccc3ncccc3c2)C1. The van der Waals surface area contributed by atoms with Crippen LogP contribution in [0.2, 0.25) is 0 Å². The van der Waals surface area contributed by atoms with Crippen LogP contribution in [0.1, 0.15) is 38.7 Å². The van der Waals surface area contributed by atoms with Gasteiger partial charge in [-0.3, -0.25) is 4.98 Å². The molecule has 3 rings (SSSR count). The molecular weight excluding hydrogens is 232 g/mol. The number of fused-ring (bicyclic) bond motifs is 1. The van der Waals surface area contributed by atoms with Gasteiger partial charge in [0.1, 0.15) is 0 Å². The summed E-state index contributed by atoms with van der Waals surface area (Å²) in [6, 6.07) is 11.4. The zero-order valence-electron chi connectivity index (χ0n) is 11.8. The lowest BCUT2D eigenvalue weighted by molar-refractivity contribution is 0.364. The fourth-order valence-electron chi connectivity index (χ4n) is 3.11. The number of hydrogen-bond donors (Lipinski definition) is 1. The maximum absolute atomic E-state index is 4.36. The Labute approximate surface area is 115 Å². The van der Waals surface area contributed by atoms with E-state index in [-0.39, 0.29) is 0 Å². The molecule has 1 heterocycles. The minimum absolute atomic E-state index is 0.519. The maximum Gasteiger partial charge on any atom is 0.0702 e. The zero-order chi connectivity index (χ0) is 13.3. The van der Waals surface area contributed by atoms with Crippen molar-refractivity contribution in [2.45, 2.75) is 45.7 Å². The fraction of sp³-hybridized carbons (Fsp3) is 0.471. The Kier molecular flexibility index (Phi) is 3.28. The Morgan fingerprint density at radius 3 is 3.00 bits per heavy atom. The number of hydrogen-bond acceptors (Lipinski definition) is 2. The molecule has 1 aromatic heterocycles. The number of rotatable bonds is 3. The van der Waals surface area contributed by atoms with Crippen molar-refractivity contribution < 1.29 is 0 Å². The molecule has 1 atom stereocenters. The molecule has 100 valence electrons. The van der Waals surface area contributed by atoms with E-state index in [1.54, 1.807) is 0 Å². The number of aromatic nitrogens is 1. The first-order valence-electron chi connectivity index (χ1n) is 7.19. The second-order valence-corrected chi connectivity index (χ2v) is 6.52. The summed E-state index contributed by atoms with van der Waals surface area (Å²) < 4.78 is 0. The van der Waals surface area contributed by atoms with Gasteiger partial charge in [-0.05, 0) is 48.4 Å². The van der Waals surface area contributed by atoms with Crippen molar-refractivity contribution in [1.82, 2.24) is 10.3 Å². The summed E-state index contributed by atoms with van der Waals surface area (Å²) in [6.07, 6.45) is 5.79. The highest BCUT2D eigenvalue weighted by Gasteiger charge is 2.30. The van der Waals surface area contributed by atoms with Crippen molar-refractivity contribution in [3.8, 4) is 0 Å². The molecule has 19 heavy (non-hydrogen) atoms. The number of nitrogens with zero attached hydrogens (tertiary/aromatic N) is 1. The van der Waals surface area contributed by atoms with Gasteiger partial charge in [0.25, 0.3) is 0 Å². The summed E-state index contributed by atoms with van der Waals surface area (Å²) in [5.41, 5.74) is 2.95. The molecule has 1 fully saturated rings. The van der Waals surface area contributed by atoms with Crippen LogP contribution in [0.25, 0.3) is 10.9 Å². The Bertz CT molecular complexity index is 574. The lowest BCUT2D eigenvalue weighted by Crippen LogP contribution is -2.26. The summed E-state index contributed by atoms with van der Waals surface area (Å²) in [5, 5.41) is 4.93. The van der Waals surface area contributed by atoms with E-state index in [1.807, 2.05) is 12.3 Å². The Hall–Kier alpha value is -1.41. The van der Waals surface area contributed by atoms with Crippen molar-refractivity contribution in [2.75, 3.05) is 0 Å². The maximum atomic E-state index is 4.36. The van der Waals surface area contributed by atoms with E-state index < -0.39 is 0 Å². The van der Waals surface area contributed by atoms with Crippen LogP contribution in [0.4, 0.5) is 0 Å². The van der Waals surface area contributed by atoms with Crippen LogP contribution in [-0.4, -0.2) is 11.0 Å². The predicted molar refractivity (Wildman–Crippen MR) is 80.0 cm³/mol. The van der Waals surface area contributed by atoms with E-state index in [4.69, 9.17) is 0 Å². The molecule has 1 unspecified atom stereocenters. The summed E-state index contributed by atoms with van der Waals surface area (Å²) in [7, 11) is 0. The van der Waals surface area contributed by atoms with Gasteiger partial charge in [0.05, 0.1) is 5.52 Å². The number of benzene rings is 1. The summed E-state index contributed by atoms with van der Waals surface area (Å²) in [5.74, 6) is 0. The second-order valence-electron chi connectivity index (χ2n) is 6.52. The van der Waals surface area contributed by atoms with Crippen molar-refractivity contribution in [3.63, 3.8) is 0 Å². The van der Waals surface area contributed by atoms with Gasteiger partial charge in [-0.2, -0.15) is 0 Å². The third-order valence-electron chi connectivity index (χ3n) is 4.23. The molecule has 0 saturated heterocycles. The van der Waals surface area contributed by atoms with Gasteiger partial charge in [0.15, 0.2) is 0 Å². The van der Waals surface area contributed by atoms with Gasteiger partial charge in [-0.15, -0.1) is 0 Å². The summed E-state index contributed by atoms with van der Waals surface area (Å²) in [6.45, 7) is 5.71. The second kappa shape index (κ2) is 4.93. The highest BCUT2D eigenvalue weighted by molar-refractivity contribution is 5.78. The van der Waals surface area contributed by atoms with Gasteiger partial charge in [-0.25, -0.2) is 0 Å². The van der Waals surface area contributed by atoms with Gasteiger partial charge in [-0.1, -0.05) is 26.0 Å². The van der Waals surface area contributed by atoms with Crippen LogP contribution in [0.5, 0.6) is 0 Å². The molecule has 0 amide bonds. The smallest absolute Gasteiger partial charge is 0.0702 e. The van der Waals surface area contributed by atoms with E-state index in [0.29, 0.717) is 11.5 Å². The van der Waals surface area contributed by atoms with Crippen LogP contribution in [0.15, 0.2) is 36.5 Å². The zero-order valence-corrected chi connectivity index (χ0v) is 11.8. The average Bonchev–Trinajstić information content (AvgIpc) is 2.76. The molecule has 1 aliphatic carbocycles. The molecule has 1 aliphatic rings. The van der Waals surface area contributed by atoms with E-state index in [9.17, 15) is 0 Å². The van der Waals surface area contributed by atoms with Crippen LogP contribution >= 0.6 is 0 Å². The molecule has 1 aromatic carbocycles. The van der Waals surface area contributed by atoms with Crippen LogP contribution in [0.3, 0.4) is 0 Å². The monoisotopic (exact) mass is 254 g/mol.